The fourth-order valence-electron chi connectivity index (χ4n) is 5.12. The molecule has 6 rings (SSSR count). The number of anilines is 1. The highest BCUT2D eigenvalue weighted by molar-refractivity contribution is 9.10. The number of para-hydroxylation sites is 1. The van der Waals surface area contributed by atoms with Crippen LogP contribution in [0.15, 0.2) is 83.3 Å². The lowest BCUT2D eigenvalue weighted by Gasteiger charge is -2.19. The summed E-state index contributed by atoms with van der Waals surface area (Å²) < 4.78 is 47.2. The molecule has 5 aromatic rings. The number of thiazole rings is 1. The summed E-state index contributed by atoms with van der Waals surface area (Å²) in [5.74, 6) is 0.880. The van der Waals surface area contributed by atoms with E-state index in [2.05, 4.69) is 68.4 Å². The molecule has 0 bridgehead atoms. The Labute approximate surface area is 245 Å². The lowest BCUT2D eigenvalue weighted by atomic mass is 10.2. The van der Waals surface area contributed by atoms with Crippen LogP contribution in [0.1, 0.15) is 31.2 Å². The Kier molecular flexibility index (Phi) is 7.43. The molecule has 0 radical (unpaired) electrons. The molecule has 0 unspecified atom stereocenters. The summed E-state index contributed by atoms with van der Waals surface area (Å²) in [6, 6.07) is 22.6. The van der Waals surface area contributed by atoms with Crippen LogP contribution in [0.5, 0.6) is 5.75 Å². The van der Waals surface area contributed by atoms with E-state index in [1.165, 1.54) is 4.70 Å². The molecule has 0 spiro atoms. The standard InChI is InChI=1S/C30H28BrN3O4S2/c1-2-3-14-34-26-18-22(31)9-12-28(26)39-30(34)20-29-33(15-6-17-40(35,36)37)25-19-23(10-11-27(25)38-29)32-16-13-21-7-4-5-8-24(21)32/h4-5,7-13,16,18-20H,2-3,6,14-15,17H2,1H3. The Morgan fingerprint density at radius 1 is 1.07 bits per heavy atom. The zero-order valence-corrected chi connectivity index (χ0v) is 25.1. The van der Waals surface area contributed by atoms with E-state index in [9.17, 15) is 13.0 Å². The van der Waals surface area contributed by atoms with Gasteiger partial charge in [-0.2, -0.15) is 4.57 Å². The maximum atomic E-state index is 11.4. The summed E-state index contributed by atoms with van der Waals surface area (Å²) in [7, 11) is -4.32. The van der Waals surface area contributed by atoms with Gasteiger partial charge in [0.1, 0.15) is 4.70 Å². The number of hydrogen-bond acceptors (Lipinski definition) is 6. The van der Waals surface area contributed by atoms with Gasteiger partial charge in [0.25, 0.3) is 5.01 Å². The van der Waals surface area contributed by atoms with Crippen molar-refractivity contribution in [3.05, 3.63) is 88.3 Å². The highest BCUT2D eigenvalue weighted by atomic mass is 79.9. The van der Waals surface area contributed by atoms with Crippen LogP contribution >= 0.6 is 27.3 Å². The van der Waals surface area contributed by atoms with Gasteiger partial charge in [-0.05, 0) is 54.3 Å². The molecule has 0 fully saturated rings. The maximum Gasteiger partial charge on any atom is 0.268 e. The number of unbranched alkanes of at least 4 members (excludes halogenated alkanes) is 1. The minimum absolute atomic E-state index is 0.192. The van der Waals surface area contributed by atoms with Crippen LogP contribution in [0, 0.1) is 0 Å². The number of ether oxygens (including phenoxy) is 1. The number of benzene rings is 3. The Hall–Kier alpha value is -3.18. The van der Waals surface area contributed by atoms with Crippen LogP contribution in [0.25, 0.3) is 32.9 Å². The second-order valence-electron chi connectivity index (χ2n) is 9.81. The highest BCUT2D eigenvalue weighted by Gasteiger charge is 2.29. The van der Waals surface area contributed by atoms with E-state index >= 15 is 0 Å². The van der Waals surface area contributed by atoms with Crippen molar-refractivity contribution in [3.63, 3.8) is 0 Å². The Morgan fingerprint density at radius 2 is 1.93 bits per heavy atom. The maximum absolute atomic E-state index is 11.4. The van der Waals surface area contributed by atoms with Gasteiger partial charge >= 0.3 is 0 Å². The van der Waals surface area contributed by atoms with E-state index in [0.717, 1.165) is 56.7 Å². The number of halogens is 1. The van der Waals surface area contributed by atoms with Gasteiger partial charge in [0, 0.05) is 41.1 Å². The smallest absolute Gasteiger partial charge is 0.268 e. The van der Waals surface area contributed by atoms with Gasteiger partial charge in [0.2, 0.25) is 11.4 Å². The molecular formula is C30H28BrN3O4S2. The number of aromatic nitrogens is 2. The second-order valence-corrected chi connectivity index (χ2v) is 13.3. The van der Waals surface area contributed by atoms with Gasteiger partial charge in [-0.1, -0.05) is 58.8 Å². The summed E-state index contributed by atoms with van der Waals surface area (Å²) in [5, 5.41) is 2.19. The average Bonchev–Trinajstić information content (AvgIpc) is 3.60. The van der Waals surface area contributed by atoms with Gasteiger partial charge < -0.3 is 18.8 Å². The Morgan fingerprint density at radius 3 is 2.75 bits per heavy atom. The van der Waals surface area contributed by atoms with Crippen LogP contribution in [0.4, 0.5) is 5.69 Å². The van der Waals surface area contributed by atoms with Gasteiger partial charge in [0.05, 0.1) is 27.4 Å². The van der Waals surface area contributed by atoms with Gasteiger partial charge in [-0.15, -0.1) is 0 Å². The molecule has 1 aliphatic rings. The third-order valence-corrected chi connectivity index (χ3v) is 9.44. The molecule has 0 saturated heterocycles. The molecule has 40 heavy (non-hydrogen) atoms. The van der Waals surface area contributed by atoms with Crippen LogP contribution < -0.4 is 14.2 Å². The molecule has 0 amide bonds. The monoisotopic (exact) mass is 637 g/mol. The Balaban J connectivity index is 1.43. The summed E-state index contributed by atoms with van der Waals surface area (Å²) in [6.45, 7) is 3.39. The van der Waals surface area contributed by atoms with E-state index < -0.39 is 15.9 Å². The first-order chi connectivity index (χ1) is 19.3. The van der Waals surface area contributed by atoms with E-state index in [4.69, 9.17) is 4.74 Å². The molecule has 3 aromatic carbocycles. The van der Waals surface area contributed by atoms with E-state index in [1.807, 2.05) is 47.5 Å². The first-order valence-corrected chi connectivity index (χ1v) is 16.4. The number of hydrogen-bond donors (Lipinski definition) is 0. The predicted molar refractivity (Wildman–Crippen MR) is 163 cm³/mol. The summed E-state index contributed by atoms with van der Waals surface area (Å²) in [4.78, 5) is 1.99. The fraction of sp³-hybridized carbons (Fsp3) is 0.233. The molecule has 0 atom stereocenters. The van der Waals surface area contributed by atoms with E-state index in [-0.39, 0.29) is 6.42 Å². The quantitative estimate of drug-likeness (QED) is 0.131. The molecule has 2 aromatic heterocycles. The number of rotatable bonds is 9. The largest absolute Gasteiger partial charge is 0.748 e. The molecular weight excluding hydrogens is 610 g/mol. The predicted octanol–water partition coefficient (Wildman–Crippen LogP) is 6.83. The summed E-state index contributed by atoms with van der Waals surface area (Å²) in [5.41, 5.74) is 4.06. The summed E-state index contributed by atoms with van der Waals surface area (Å²) in [6.07, 6.45) is 6.38. The molecule has 10 heteroatoms. The summed E-state index contributed by atoms with van der Waals surface area (Å²) >= 11 is 5.30. The molecule has 0 aliphatic carbocycles. The molecule has 7 nitrogen and oxygen atoms in total. The molecule has 0 N–H and O–H groups in total. The van der Waals surface area contributed by atoms with Crippen LogP contribution in [0.3, 0.4) is 0 Å². The van der Waals surface area contributed by atoms with E-state index in [1.54, 1.807) is 11.3 Å². The van der Waals surface area contributed by atoms with Crippen LogP contribution in [0.2, 0.25) is 0 Å². The van der Waals surface area contributed by atoms with Gasteiger partial charge in [-0.3, -0.25) is 0 Å². The number of nitrogens with zero attached hydrogens (tertiary/aromatic N) is 3. The van der Waals surface area contributed by atoms with Crippen molar-refractivity contribution in [1.82, 2.24) is 4.57 Å². The fourth-order valence-corrected chi connectivity index (χ4v) is 7.05. The van der Waals surface area contributed by atoms with Crippen LogP contribution in [-0.4, -0.2) is 29.8 Å². The minimum atomic E-state index is -4.32. The van der Waals surface area contributed by atoms with Crippen LogP contribution in [-0.2, 0) is 16.7 Å². The van der Waals surface area contributed by atoms with Crippen molar-refractivity contribution in [1.29, 1.82) is 0 Å². The number of fused-ring (bicyclic) bond motifs is 3. The minimum Gasteiger partial charge on any atom is -0.748 e. The lowest BCUT2D eigenvalue weighted by molar-refractivity contribution is -0.669. The third-order valence-electron chi connectivity index (χ3n) is 7.04. The SMILES string of the molecule is CCCC[n+]1c(/C=C2\Oc3ccc(-n4ccc5ccccc54)cc3N2CCCS(=O)(=O)[O-])sc2ccc(Br)cc21. The van der Waals surface area contributed by atoms with Crippen molar-refractivity contribution in [2.75, 3.05) is 17.2 Å². The average molecular weight is 639 g/mol. The Bertz CT molecular complexity index is 1860. The van der Waals surface area contributed by atoms with E-state index in [0.29, 0.717) is 18.2 Å². The normalized spacial score (nSPS) is 14.4. The van der Waals surface area contributed by atoms with Gasteiger partial charge in [-0.25, -0.2) is 8.42 Å². The van der Waals surface area contributed by atoms with Crippen molar-refractivity contribution in [3.8, 4) is 11.4 Å². The van der Waals surface area contributed by atoms with Crippen molar-refractivity contribution in [2.24, 2.45) is 0 Å². The third kappa shape index (κ3) is 5.41. The zero-order chi connectivity index (χ0) is 27.9. The molecule has 3 heterocycles. The molecule has 1 aliphatic heterocycles. The number of aryl methyl sites for hydroxylation is 1. The van der Waals surface area contributed by atoms with Crippen molar-refractivity contribution >= 4 is 70.3 Å². The highest BCUT2D eigenvalue weighted by Crippen LogP contribution is 2.42. The second kappa shape index (κ2) is 11.0. The lowest BCUT2D eigenvalue weighted by Crippen LogP contribution is -2.35. The first kappa shape index (κ1) is 27.0. The van der Waals surface area contributed by atoms with Gasteiger partial charge in [0.15, 0.2) is 12.3 Å². The molecule has 206 valence electrons. The zero-order valence-electron chi connectivity index (χ0n) is 21.9. The van der Waals surface area contributed by atoms with Crippen molar-refractivity contribution < 1.29 is 22.3 Å². The molecule has 0 saturated carbocycles. The first-order valence-electron chi connectivity index (χ1n) is 13.2. The van der Waals surface area contributed by atoms with Crippen molar-refractivity contribution in [2.45, 2.75) is 32.7 Å². The topological polar surface area (TPSA) is 78.5 Å².